The Kier molecular flexibility index (Phi) is 6.20. The number of aryl methyl sites for hydroxylation is 1. The first-order valence-electron chi connectivity index (χ1n) is 8.02. The Morgan fingerprint density at radius 3 is 2.33 bits per heavy atom. The highest BCUT2D eigenvalue weighted by atomic mass is 79.9. The normalized spacial score (nSPS) is 10.3. The number of ether oxygens (including phenoxy) is 1. The average molecular weight is 446 g/mol. The van der Waals surface area contributed by atoms with Crippen LogP contribution in [0.4, 0.5) is 0 Å². The van der Waals surface area contributed by atoms with Crippen LogP contribution in [-0.4, -0.2) is 16.8 Å². The molecule has 3 aromatic rings. The van der Waals surface area contributed by atoms with Crippen molar-refractivity contribution in [1.82, 2.24) is 15.8 Å². The van der Waals surface area contributed by atoms with Crippen LogP contribution < -0.4 is 15.6 Å². The zero-order valence-corrected chi connectivity index (χ0v) is 16.8. The summed E-state index contributed by atoms with van der Waals surface area (Å²) in [5.74, 6) is -0.483. The van der Waals surface area contributed by atoms with Crippen LogP contribution in [-0.2, 0) is 6.61 Å². The second-order valence-electron chi connectivity index (χ2n) is 5.53. The number of para-hydroxylation sites is 1. The first kappa shape index (κ1) is 19.1. The van der Waals surface area contributed by atoms with Gasteiger partial charge in [-0.05, 0) is 47.1 Å². The van der Waals surface area contributed by atoms with Crippen molar-refractivity contribution >= 4 is 39.1 Å². The van der Waals surface area contributed by atoms with Crippen molar-refractivity contribution in [2.75, 3.05) is 0 Å². The fraction of sp³-hybridized carbons (Fsp3) is 0.105. The second-order valence-corrected chi connectivity index (χ2v) is 7.45. The third kappa shape index (κ3) is 4.93. The number of hydrazine groups is 1. The molecule has 0 fully saturated rings. The Morgan fingerprint density at radius 2 is 1.67 bits per heavy atom. The van der Waals surface area contributed by atoms with E-state index in [1.807, 2.05) is 12.3 Å². The summed E-state index contributed by atoms with van der Waals surface area (Å²) in [4.78, 5) is 29.0. The Labute approximate surface area is 168 Å². The van der Waals surface area contributed by atoms with E-state index >= 15 is 0 Å². The van der Waals surface area contributed by atoms with Gasteiger partial charge in [-0.3, -0.25) is 20.4 Å². The topological polar surface area (TPSA) is 80.3 Å². The summed E-state index contributed by atoms with van der Waals surface area (Å²) in [6.07, 6.45) is 0. The van der Waals surface area contributed by atoms with E-state index in [9.17, 15) is 9.59 Å². The molecule has 2 N–H and O–H groups in total. The summed E-state index contributed by atoms with van der Waals surface area (Å²) in [6.45, 7) is 2.18. The highest BCUT2D eigenvalue weighted by Gasteiger charge is 2.15. The van der Waals surface area contributed by atoms with Gasteiger partial charge in [-0.2, -0.15) is 0 Å². The van der Waals surface area contributed by atoms with E-state index < -0.39 is 11.8 Å². The van der Waals surface area contributed by atoms with Crippen molar-refractivity contribution in [3.05, 3.63) is 80.2 Å². The Bertz CT molecular complexity index is 974. The first-order valence-corrected chi connectivity index (χ1v) is 9.70. The predicted octanol–water partition coefficient (Wildman–Crippen LogP) is 3.87. The fourth-order valence-corrected chi connectivity index (χ4v) is 3.36. The Morgan fingerprint density at radius 1 is 1.04 bits per heavy atom. The number of amides is 2. The number of nitrogens with one attached hydrogen (secondary N) is 2. The van der Waals surface area contributed by atoms with Crippen LogP contribution >= 0.6 is 27.3 Å². The van der Waals surface area contributed by atoms with Gasteiger partial charge in [-0.1, -0.05) is 24.3 Å². The summed E-state index contributed by atoms with van der Waals surface area (Å²) in [7, 11) is 0. The summed E-state index contributed by atoms with van der Waals surface area (Å²) in [5.41, 5.74) is 6.36. The molecule has 0 aliphatic carbocycles. The molecule has 0 aliphatic heterocycles. The number of aromatic nitrogens is 1. The van der Waals surface area contributed by atoms with E-state index in [0.29, 0.717) is 21.3 Å². The smallest absolute Gasteiger partial charge is 0.273 e. The number of thiazole rings is 1. The molecule has 8 heteroatoms. The van der Waals surface area contributed by atoms with Crippen molar-refractivity contribution in [3.63, 3.8) is 0 Å². The molecule has 0 bridgehead atoms. The molecule has 1 aromatic heterocycles. The largest absolute Gasteiger partial charge is 0.486 e. The van der Waals surface area contributed by atoms with Gasteiger partial charge in [-0.25, -0.2) is 4.98 Å². The average Bonchev–Trinajstić information content (AvgIpc) is 3.10. The van der Waals surface area contributed by atoms with Gasteiger partial charge in [0.15, 0.2) is 0 Å². The molecular formula is C19H16BrN3O3S. The molecule has 0 radical (unpaired) electrons. The third-order valence-corrected chi connectivity index (χ3v) is 5.10. The molecule has 0 aliphatic rings. The summed E-state index contributed by atoms with van der Waals surface area (Å²) < 4.78 is 6.37. The van der Waals surface area contributed by atoms with Crippen LogP contribution in [0.5, 0.6) is 5.75 Å². The van der Waals surface area contributed by atoms with Gasteiger partial charge >= 0.3 is 0 Å². The maximum Gasteiger partial charge on any atom is 0.273 e. The van der Waals surface area contributed by atoms with Gasteiger partial charge in [0.2, 0.25) is 0 Å². The first-order chi connectivity index (χ1) is 13.0. The molecule has 0 saturated carbocycles. The number of hydrogen-bond donors (Lipinski definition) is 2. The van der Waals surface area contributed by atoms with Gasteiger partial charge in [0.05, 0.1) is 21.8 Å². The molecule has 138 valence electrons. The highest BCUT2D eigenvalue weighted by molar-refractivity contribution is 9.10. The highest BCUT2D eigenvalue weighted by Crippen LogP contribution is 2.20. The lowest BCUT2D eigenvalue weighted by Crippen LogP contribution is -2.41. The lowest BCUT2D eigenvalue weighted by Gasteiger charge is -2.12. The SMILES string of the molecule is Cc1nc(COc2ccccc2C(=O)NNC(=O)c2ccccc2Br)cs1. The summed E-state index contributed by atoms with van der Waals surface area (Å²) in [6, 6.07) is 13.8. The van der Waals surface area contributed by atoms with Crippen molar-refractivity contribution in [3.8, 4) is 5.75 Å². The second kappa shape index (κ2) is 8.79. The zero-order valence-electron chi connectivity index (χ0n) is 14.4. The number of benzene rings is 2. The van der Waals surface area contributed by atoms with Gasteiger partial charge in [0.25, 0.3) is 11.8 Å². The van der Waals surface area contributed by atoms with E-state index in [2.05, 4.69) is 31.8 Å². The maximum absolute atomic E-state index is 12.5. The lowest BCUT2D eigenvalue weighted by atomic mass is 10.2. The molecule has 6 nitrogen and oxygen atoms in total. The standard InChI is InChI=1S/C19H16BrN3O3S/c1-12-21-13(11-27-12)10-26-17-9-5-3-7-15(17)19(25)23-22-18(24)14-6-2-4-8-16(14)20/h2-9,11H,10H2,1H3,(H,22,24)(H,23,25). The number of halogens is 1. The molecule has 1 heterocycles. The molecule has 3 rings (SSSR count). The number of carbonyl (C=O) groups excluding carboxylic acids is 2. The fourth-order valence-electron chi connectivity index (χ4n) is 2.30. The van der Waals surface area contributed by atoms with Gasteiger partial charge < -0.3 is 4.74 Å². The van der Waals surface area contributed by atoms with Crippen LogP contribution in [0.3, 0.4) is 0 Å². The predicted molar refractivity (Wildman–Crippen MR) is 107 cm³/mol. The Balaban J connectivity index is 1.64. The van der Waals surface area contributed by atoms with Crippen molar-refractivity contribution in [2.24, 2.45) is 0 Å². The minimum atomic E-state index is -0.472. The molecule has 0 saturated heterocycles. The molecule has 0 atom stereocenters. The maximum atomic E-state index is 12.5. The molecule has 27 heavy (non-hydrogen) atoms. The van der Waals surface area contributed by atoms with Gasteiger partial charge in [0.1, 0.15) is 12.4 Å². The molecule has 0 spiro atoms. The van der Waals surface area contributed by atoms with Crippen LogP contribution in [0, 0.1) is 6.92 Å². The Hall–Kier alpha value is -2.71. The van der Waals surface area contributed by atoms with Gasteiger partial charge in [-0.15, -0.1) is 11.3 Å². The molecule has 2 amide bonds. The van der Waals surface area contributed by atoms with Crippen LogP contribution in [0.2, 0.25) is 0 Å². The minimum absolute atomic E-state index is 0.262. The van der Waals surface area contributed by atoms with E-state index in [1.54, 1.807) is 48.5 Å². The van der Waals surface area contributed by atoms with E-state index in [4.69, 9.17) is 4.74 Å². The number of nitrogens with zero attached hydrogens (tertiary/aromatic N) is 1. The number of rotatable bonds is 5. The minimum Gasteiger partial charge on any atom is -0.486 e. The van der Waals surface area contributed by atoms with Crippen molar-refractivity contribution in [1.29, 1.82) is 0 Å². The summed E-state index contributed by atoms with van der Waals surface area (Å²) >= 11 is 4.84. The molecule has 2 aromatic carbocycles. The van der Waals surface area contributed by atoms with Gasteiger partial charge in [0, 0.05) is 9.85 Å². The quantitative estimate of drug-likeness (QED) is 0.584. The van der Waals surface area contributed by atoms with Crippen LogP contribution in [0.1, 0.15) is 31.4 Å². The summed E-state index contributed by atoms with van der Waals surface area (Å²) in [5, 5.41) is 2.87. The lowest BCUT2D eigenvalue weighted by molar-refractivity contribution is 0.0843. The van der Waals surface area contributed by atoms with Crippen LogP contribution in [0.15, 0.2) is 58.4 Å². The third-order valence-electron chi connectivity index (χ3n) is 3.58. The van der Waals surface area contributed by atoms with Crippen molar-refractivity contribution in [2.45, 2.75) is 13.5 Å². The number of carbonyl (C=O) groups is 2. The zero-order chi connectivity index (χ0) is 19.2. The van der Waals surface area contributed by atoms with Crippen LogP contribution in [0.25, 0.3) is 0 Å². The van der Waals surface area contributed by atoms with E-state index in [-0.39, 0.29) is 6.61 Å². The van der Waals surface area contributed by atoms with E-state index in [1.165, 1.54) is 11.3 Å². The van der Waals surface area contributed by atoms with E-state index in [0.717, 1.165) is 10.7 Å². The molecule has 0 unspecified atom stereocenters. The molecular weight excluding hydrogens is 430 g/mol. The van der Waals surface area contributed by atoms with Crippen molar-refractivity contribution < 1.29 is 14.3 Å². The monoisotopic (exact) mass is 445 g/mol. The number of hydrogen-bond acceptors (Lipinski definition) is 5.